The van der Waals surface area contributed by atoms with Gasteiger partial charge >= 0.3 is 0 Å². The van der Waals surface area contributed by atoms with Crippen molar-refractivity contribution in [1.82, 2.24) is 10.6 Å². The van der Waals surface area contributed by atoms with Gasteiger partial charge in [-0.05, 0) is 31.1 Å². The van der Waals surface area contributed by atoms with Crippen LogP contribution in [0.3, 0.4) is 0 Å². The topological polar surface area (TPSA) is 36.4 Å². The van der Waals surface area contributed by atoms with E-state index in [2.05, 4.69) is 57.2 Å². The van der Waals surface area contributed by atoms with Crippen LogP contribution in [0.1, 0.15) is 54.4 Å². The normalized spacial score (nSPS) is 14.1. The lowest BCUT2D eigenvalue weighted by molar-refractivity contribution is 0.346. The molecule has 110 valence electrons. The van der Waals surface area contributed by atoms with Crippen LogP contribution in [0.5, 0.6) is 0 Å². The molecule has 0 heterocycles. The molecule has 0 aliphatic rings. The molecule has 3 nitrogen and oxygen atoms in total. The molecule has 0 saturated carbocycles. The van der Waals surface area contributed by atoms with Crippen LogP contribution in [-0.4, -0.2) is 25.6 Å². The minimum atomic E-state index is 0. The SMILES string of the molecule is CN=C(NCC(C)C)NC(C)CCC(C)(C)C.I. The zero-order valence-corrected chi connectivity index (χ0v) is 15.5. The summed E-state index contributed by atoms with van der Waals surface area (Å²) in [7, 11) is 1.83. The van der Waals surface area contributed by atoms with E-state index in [1.807, 2.05) is 7.05 Å². The molecule has 0 aromatic heterocycles. The molecule has 2 N–H and O–H groups in total. The quantitative estimate of drug-likeness (QED) is 0.441. The maximum Gasteiger partial charge on any atom is 0.191 e. The Balaban J connectivity index is 0. The molecule has 0 saturated heterocycles. The minimum absolute atomic E-state index is 0. The van der Waals surface area contributed by atoms with Crippen molar-refractivity contribution < 1.29 is 0 Å². The Morgan fingerprint density at radius 2 is 1.72 bits per heavy atom. The predicted octanol–water partition coefficient (Wildman–Crippen LogP) is 3.64. The van der Waals surface area contributed by atoms with Crippen LogP contribution >= 0.6 is 24.0 Å². The van der Waals surface area contributed by atoms with Crippen LogP contribution < -0.4 is 10.6 Å². The average molecular weight is 369 g/mol. The first-order chi connectivity index (χ1) is 7.74. The number of nitrogens with zero attached hydrogens (tertiary/aromatic N) is 1. The summed E-state index contributed by atoms with van der Waals surface area (Å²) in [5.74, 6) is 1.55. The lowest BCUT2D eigenvalue weighted by Crippen LogP contribution is -2.43. The van der Waals surface area contributed by atoms with E-state index in [1.54, 1.807) is 0 Å². The number of guanidine groups is 1. The molecule has 0 radical (unpaired) electrons. The molecule has 0 amide bonds. The standard InChI is InChI=1S/C14H31N3.HI/c1-11(2)10-16-13(15-7)17-12(3)8-9-14(4,5)6;/h11-12H,8-10H2,1-7H3,(H2,15,16,17);1H. The summed E-state index contributed by atoms with van der Waals surface area (Å²) in [6, 6.07) is 0.465. The van der Waals surface area contributed by atoms with Gasteiger partial charge in [0.05, 0.1) is 0 Å². The first-order valence-corrected chi connectivity index (χ1v) is 6.72. The highest BCUT2D eigenvalue weighted by molar-refractivity contribution is 14.0. The Hall–Kier alpha value is 0. The molecular weight excluding hydrogens is 337 g/mol. The third-order valence-electron chi connectivity index (χ3n) is 2.61. The van der Waals surface area contributed by atoms with Crippen LogP contribution in [-0.2, 0) is 0 Å². The molecular formula is C14H32IN3. The first kappa shape index (κ1) is 20.3. The second-order valence-electron chi connectivity index (χ2n) is 6.49. The Morgan fingerprint density at radius 1 is 1.17 bits per heavy atom. The van der Waals surface area contributed by atoms with E-state index in [0.717, 1.165) is 12.5 Å². The fraction of sp³-hybridized carbons (Fsp3) is 0.929. The van der Waals surface area contributed by atoms with Gasteiger partial charge in [-0.25, -0.2) is 0 Å². The Labute approximate surface area is 131 Å². The summed E-state index contributed by atoms with van der Waals surface area (Å²) in [5, 5.41) is 6.77. The highest BCUT2D eigenvalue weighted by atomic mass is 127. The number of rotatable bonds is 5. The summed E-state index contributed by atoms with van der Waals surface area (Å²) in [5.41, 5.74) is 0.408. The van der Waals surface area contributed by atoms with Crippen molar-refractivity contribution in [3.63, 3.8) is 0 Å². The summed E-state index contributed by atoms with van der Waals surface area (Å²) in [6.45, 7) is 14.4. The van der Waals surface area contributed by atoms with Crippen molar-refractivity contribution >= 4 is 29.9 Å². The van der Waals surface area contributed by atoms with E-state index in [4.69, 9.17) is 0 Å². The van der Waals surface area contributed by atoms with Crippen molar-refractivity contribution in [2.75, 3.05) is 13.6 Å². The molecule has 4 heteroatoms. The Bertz CT molecular complexity index is 232. The van der Waals surface area contributed by atoms with Crippen molar-refractivity contribution in [2.24, 2.45) is 16.3 Å². The van der Waals surface area contributed by atoms with Crippen molar-refractivity contribution in [2.45, 2.75) is 60.4 Å². The maximum atomic E-state index is 4.24. The van der Waals surface area contributed by atoms with E-state index in [0.29, 0.717) is 17.4 Å². The molecule has 0 aliphatic carbocycles. The van der Waals surface area contributed by atoms with Gasteiger partial charge in [-0.3, -0.25) is 4.99 Å². The first-order valence-electron chi connectivity index (χ1n) is 6.72. The lowest BCUT2D eigenvalue weighted by Gasteiger charge is -2.23. The van der Waals surface area contributed by atoms with E-state index >= 15 is 0 Å². The van der Waals surface area contributed by atoms with Crippen LogP contribution in [0.25, 0.3) is 0 Å². The summed E-state index contributed by atoms with van der Waals surface area (Å²) in [4.78, 5) is 4.24. The van der Waals surface area contributed by atoms with Crippen molar-refractivity contribution in [3.8, 4) is 0 Å². The number of hydrogen-bond acceptors (Lipinski definition) is 1. The van der Waals surface area contributed by atoms with Crippen molar-refractivity contribution in [3.05, 3.63) is 0 Å². The summed E-state index contributed by atoms with van der Waals surface area (Å²) >= 11 is 0. The Kier molecular flexibility index (Phi) is 11.1. The van der Waals surface area contributed by atoms with Crippen LogP contribution in [0.15, 0.2) is 4.99 Å². The highest BCUT2D eigenvalue weighted by Gasteiger charge is 2.13. The molecule has 0 fully saturated rings. The average Bonchev–Trinajstić information content (AvgIpc) is 2.20. The van der Waals surface area contributed by atoms with Crippen LogP contribution in [0.4, 0.5) is 0 Å². The van der Waals surface area contributed by atoms with Gasteiger partial charge < -0.3 is 10.6 Å². The van der Waals surface area contributed by atoms with Crippen LogP contribution in [0.2, 0.25) is 0 Å². The van der Waals surface area contributed by atoms with Gasteiger partial charge in [0.15, 0.2) is 5.96 Å². The van der Waals surface area contributed by atoms with Gasteiger partial charge in [0.25, 0.3) is 0 Å². The smallest absolute Gasteiger partial charge is 0.191 e. The lowest BCUT2D eigenvalue weighted by atomic mass is 9.89. The molecule has 1 unspecified atom stereocenters. The summed E-state index contributed by atoms with van der Waals surface area (Å²) < 4.78 is 0. The zero-order chi connectivity index (χ0) is 13.5. The highest BCUT2D eigenvalue weighted by Crippen LogP contribution is 2.21. The van der Waals surface area contributed by atoms with E-state index in [9.17, 15) is 0 Å². The third-order valence-corrected chi connectivity index (χ3v) is 2.61. The molecule has 0 rings (SSSR count). The molecule has 18 heavy (non-hydrogen) atoms. The van der Waals surface area contributed by atoms with E-state index in [1.165, 1.54) is 12.8 Å². The fourth-order valence-electron chi connectivity index (χ4n) is 1.45. The number of hydrogen-bond donors (Lipinski definition) is 2. The molecule has 0 spiro atoms. The largest absolute Gasteiger partial charge is 0.356 e. The van der Waals surface area contributed by atoms with Crippen molar-refractivity contribution in [1.29, 1.82) is 0 Å². The molecule has 1 atom stereocenters. The van der Waals surface area contributed by atoms with Crippen LogP contribution in [0, 0.1) is 11.3 Å². The Morgan fingerprint density at radius 3 is 2.11 bits per heavy atom. The molecule has 0 bridgehead atoms. The molecule has 0 aliphatic heterocycles. The fourth-order valence-corrected chi connectivity index (χ4v) is 1.45. The monoisotopic (exact) mass is 369 g/mol. The van der Waals surface area contributed by atoms with Gasteiger partial charge in [-0.1, -0.05) is 34.6 Å². The molecule has 0 aromatic rings. The summed E-state index contributed by atoms with van der Waals surface area (Å²) in [6.07, 6.45) is 2.40. The second kappa shape index (κ2) is 9.87. The van der Waals surface area contributed by atoms with Gasteiger partial charge in [-0.2, -0.15) is 0 Å². The number of nitrogens with one attached hydrogen (secondary N) is 2. The van der Waals surface area contributed by atoms with E-state index < -0.39 is 0 Å². The number of aliphatic imine (C=N–C) groups is 1. The molecule has 0 aromatic carbocycles. The predicted molar refractivity (Wildman–Crippen MR) is 92.9 cm³/mol. The van der Waals surface area contributed by atoms with Gasteiger partial charge in [0.2, 0.25) is 0 Å². The van der Waals surface area contributed by atoms with E-state index in [-0.39, 0.29) is 24.0 Å². The second-order valence-corrected chi connectivity index (χ2v) is 6.49. The van der Waals surface area contributed by atoms with Gasteiger partial charge in [0.1, 0.15) is 0 Å². The number of halogens is 1. The van der Waals surface area contributed by atoms with Gasteiger partial charge in [-0.15, -0.1) is 24.0 Å². The zero-order valence-electron chi connectivity index (χ0n) is 13.1. The van der Waals surface area contributed by atoms with Gasteiger partial charge in [0, 0.05) is 19.6 Å². The minimum Gasteiger partial charge on any atom is -0.356 e. The maximum absolute atomic E-state index is 4.24. The third kappa shape index (κ3) is 12.5.